The molecule has 2 aromatic carbocycles. The van der Waals surface area contributed by atoms with E-state index in [0.29, 0.717) is 6.04 Å². The van der Waals surface area contributed by atoms with Crippen molar-refractivity contribution in [2.45, 2.75) is 32.0 Å². The molecule has 1 atom stereocenters. The second-order valence-corrected chi connectivity index (χ2v) is 6.88. The van der Waals surface area contributed by atoms with Crippen molar-refractivity contribution < 1.29 is 9.47 Å². The highest BCUT2D eigenvalue weighted by molar-refractivity contribution is 5.47. The first-order valence-electron chi connectivity index (χ1n) is 9.25. The van der Waals surface area contributed by atoms with Crippen LogP contribution in [0.5, 0.6) is 11.5 Å². The van der Waals surface area contributed by atoms with E-state index in [2.05, 4.69) is 52.7 Å². The molecule has 2 aliphatic rings. The standard InChI is InChI=1S/C21H26N2O2/c1-2-6-17(7-3-1)15-23-11-10-19(16-23)22-14-18-8-4-9-20-21(18)25-13-5-12-24-20/h1-4,6-9,19,22H,5,10-16H2. The van der Waals surface area contributed by atoms with Crippen LogP contribution in [0.15, 0.2) is 48.5 Å². The minimum atomic E-state index is 0.534. The summed E-state index contributed by atoms with van der Waals surface area (Å²) < 4.78 is 11.7. The molecule has 2 aliphatic heterocycles. The van der Waals surface area contributed by atoms with Crippen molar-refractivity contribution in [3.05, 3.63) is 59.7 Å². The van der Waals surface area contributed by atoms with E-state index < -0.39 is 0 Å². The second-order valence-electron chi connectivity index (χ2n) is 6.88. The van der Waals surface area contributed by atoms with Gasteiger partial charge >= 0.3 is 0 Å². The molecule has 2 aromatic rings. The number of para-hydroxylation sites is 1. The van der Waals surface area contributed by atoms with Crippen LogP contribution in [0, 0.1) is 0 Å². The maximum atomic E-state index is 5.92. The number of hydrogen-bond acceptors (Lipinski definition) is 4. The van der Waals surface area contributed by atoms with E-state index in [-0.39, 0.29) is 0 Å². The maximum absolute atomic E-state index is 5.92. The number of hydrogen-bond donors (Lipinski definition) is 1. The Morgan fingerprint density at radius 3 is 2.80 bits per heavy atom. The van der Waals surface area contributed by atoms with Crippen LogP contribution in [0.2, 0.25) is 0 Å². The molecule has 25 heavy (non-hydrogen) atoms. The number of fused-ring (bicyclic) bond motifs is 1. The van der Waals surface area contributed by atoms with Crippen LogP contribution in [0.1, 0.15) is 24.0 Å². The van der Waals surface area contributed by atoms with Gasteiger partial charge < -0.3 is 14.8 Å². The van der Waals surface area contributed by atoms with Gasteiger partial charge in [-0.3, -0.25) is 4.90 Å². The normalized spacial score (nSPS) is 20.4. The summed E-state index contributed by atoms with van der Waals surface area (Å²) in [5.74, 6) is 1.81. The largest absolute Gasteiger partial charge is 0.490 e. The van der Waals surface area contributed by atoms with Crippen LogP contribution >= 0.6 is 0 Å². The molecule has 0 aromatic heterocycles. The van der Waals surface area contributed by atoms with Gasteiger partial charge in [-0.05, 0) is 18.1 Å². The lowest BCUT2D eigenvalue weighted by Crippen LogP contribution is -2.32. The number of rotatable bonds is 5. The van der Waals surface area contributed by atoms with Gasteiger partial charge in [0.05, 0.1) is 13.2 Å². The van der Waals surface area contributed by atoms with E-state index >= 15 is 0 Å². The predicted octanol–water partition coefficient (Wildman–Crippen LogP) is 3.21. The summed E-state index contributed by atoms with van der Waals surface area (Å²) in [6.45, 7) is 5.59. The Balaban J connectivity index is 1.32. The average Bonchev–Trinajstić information content (AvgIpc) is 2.94. The lowest BCUT2D eigenvalue weighted by atomic mass is 10.1. The van der Waals surface area contributed by atoms with Crippen LogP contribution in [0.4, 0.5) is 0 Å². The van der Waals surface area contributed by atoms with Crippen molar-refractivity contribution in [1.29, 1.82) is 0 Å². The zero-order valence-corrected chi connectivity index (χ0v) is 14.6. The van der Waals surface area contributed by atoms with Gasteiger partial charge in [0.15, 0.2) is 11.5 Å². The highest BCUT2D eigenvalue weighted by atomic mass is 16.5. The molecule has 1 saturated heterocycles. The highest BCUT2D eigenvalue weighted by Gasteiger charge is 2.23. The Hall–Kier alpha value is -2.04. The minimum absolute atomic E-state index is 0.534. The van der Waals surface area contributed by atoms with E-state index in [1.165, 1.54) is 17.5 Å². The Labute approximate surface area is 149 Å². The summed E-state index contributed by atoms with van der Waals surface area (Å²) >= 11 is 0. The Morgan fingerprint density at radius 2 is 1.88 bits per heavy atom. The van der Waals surface area contributed by atoms with Gasteiger partial charge in [0.25, 0.3) is 0 Å². The van der Waals surface area contributed by atoms with Gasteiger partial charge in [0, 0.05) is 44.2 Å². The van der Waals surface area contributed by atoms with E-state index in [0.717, 1.165) is 57.3 Å². The first kappa shape index (κ1) is 16.4. The monoisotopic (exact) mass is 338 g/mol. The first-order valence-corrected chi connectivity index (χ1v) is 9.25. The van der Waals surface area contributed by atoms with Crippen molar-refractivity contribution in [1.82, 2.24) is 10.2 Å². The Bertz CT molecular complexity index is 690. The third kappa shape index (κ3) is 4.14. The average molecular weight is 338 g/mol. The summed E-state index contributed by atoms with van der Waals surface area (Å²) in [4.78, 5) is 2.53. The smallest absolute Gasteiger partial charge is 0.165 e. The minimum Gasteiger partial charge on any atom is -0.490 e. The molecule has 0 aliphatic carbocycles. The van der Waals surface area contributed by atoms with Gasteiger partial charge in [-0.15, -0.1) is 0 Å². The number of nitrogens with one attached hydrogen (secondary N) is 1. The molecule has 0 radical (unpaired) electrons. The molecule has 4 rings (SSSR count). The fourth-order valence-electron chi connectivity index (χ4n) is 3.63. The van der Waals surface area contributed by atoms with Gasteiger partial charge in [-0.25, -0.2) is 0 Å². The SMILES string of the molecule is c1ccc(CN2CCC(NCc3cccc4c3OCCCO4)C2)cc1. The van der Waals surface area contributed by atoms with Crippen molar-refractivity contribution in [3.8, 4) is 11.5 Å². The van der Waals surface area contributed by atoms with Gasteiger partial charge in [0.1, 0.15) is 0 Å². The van der Waals surface area contributed by atoms with E-state index in [9.17, 15) is 0 Å². The van der Waals surface area contributed by atoms with Crippen LogP contribution in [-0.4, -0.2) is 37.2 Å². The lowest BCUT2D eigenvalue weighted by Gasteiger charge is -2.18. The summed E-state index contributed by atoms with van der Waals surface area (Å²) in [6, 6.07) is 17.4. The fraction of sp³-hybridized carbons (Fsp3) is 0.429. The Morgan fingerprint density at radius 1 is 1.00 bits per heavy atom. The van der Waals surface area contributed by atoms with E-state index in [1.54, 1.807) is 0 Å². The van der Waals surface area contributed by atoms with Crippen molar-refractivity contribution in [2.75, 3.05) is 26.3 Å². The molecule has 0 spiro atoms. The summed E-state index contributed by atoms with van der Waals surface area (Å²) in [5.41, 5.74) is 2.59. The fourth-order valence-corrected chi connectivity index (χ4v) is 3.63. The number of nitrogens with zero attached hydrogens (tertiary/aromatic N) is 1. The molecule has 1 unspecified atom stereocenters. The van der Waals surface area contributed by atoms with Gasteiger partial charge in [-0.1, -0.05) is 42.5 Å². The van der Waals surface area contributed by atoms with Crippen LogP contribution in [-0.2, 0) is 13.1 Å². The van der Waals surface area contributed by atoms with Crippen molar-refractivity contribution in [2.24, 2.45) is 0 Å². The molecule has 0 saturated carbocycles. The first-order chi connectivity index (χ1) is 12.4. The molecule has 2 heterocycles. The van der Waals surface area contributed by atoms with Gasteiger partial charge in [-0.2, -0.15) is 0 Å². The quantitative estimate of drug-likeness (QED) is 0.908. The Kier molecular flexibility index (Phi) is 5.19. The molecule has 4 heteroatoms. The van der Waals surface area contributed by atoms with Crippen LogP contribution in [0.25, 0.3) is 0 Å². The summed E-state index contributed by atoms with van der Waals surface area (Å²) in [5, 5.41) is 3.71. The molecule has 1 fully saturated rings. The molecule has 132 valence electrons. The molecular weight excluding hydrogens is 312 g/mol. The number of benzene rings is 2. The maximum Gasteiger partial charge on any atom is 0.165 e. The lowest BCUT2D eigenvalue weighted by molar-refractivity contribution is 0.295. The second kappa shape index (κ2) is 7.89. The van der Waals surface area contributed by atoms with Crippen molar-refractivity contribution >= 4 is 0 Å². The van der Waals surface area contributed by atoms with E-state index in [4.69, 9.17) is 9.47 Å². The molecule has 0 amide bonds. The predicted molar refractivity (Wildman–Crippen MR) is 99.0 cm³/mol. The topological polar surface area (TPSA) is 33.7 Å². The molecule has 1 N–H and O–H groups in total. The summed E-state index contributed by atoms with van der Waals surface area (Å²) in [7, 11) is 0. The highest BCUT2D eigenvalue weighted by Crippen LogP contribution is 2.33. The number of ether oxygens (including phenoxy) is 2. The summed E-state index contributed by atoms with van der Waals surface area (Å²) in [6.07, 6.45) is 2.14. The van der Waals surface area contributed by atoms with Crippen LogP contribution in [0.3, 0.4) is 0 Å². The number of likely N-dealkylation sites (tertiary alicyclic amines) is 1. The zero-order chi connectivity index (χ0) is 16.9. The molecule has 4 nitrogen and oxygen atoms in total. The molecule has 0 bridgehead atoms. The van der Waals surface area contributed by atoms with Crippen molar-refractivity contribution in [3.63, 3.8) is 0 Å². The van der Waals surface area contributed by atoms with Crippen LogP contribution < -0.4 is 14.8 Å². The third-order valence-electron chi connectivity index (χ3n) is 4.96. The third-order valence-corrected chi connectivity index (χ3v) is 4.96. The molecular formula is C21H26N2O2. The zero-order valence-electron chi connectivity index (χ0n) is 14.6. The van der Waals surface area contributed by atoms with Gasteiger partial charge in [0.2, 0.25) is 0 Å². The van der Waals surface area contributed by atoms with E-state index in [1.807, 2.05) is 6.07 Å².